The summed E-state index contributed by atoms with van der Waals surface area (Å²) in [6, 6.07) is 15.3. The van der Waals surface area contributed by atoms with E-state index in [0.717, 1.165) is 32.5 Å². The van der Waals surface area contributed by atoms with Crippen LogP contribution in [0.2, 0.25) is 0 Å². The first-order chi connectivity index (χ1) is 17.0. The van der Waals surface area contributed by atoms with Gasteiger partial charge in [0.2, 0.25) is 15.9 Å². The summed E-state index contributed by atoms with van der Waals surface area (Å²) in [5, 5.41) is 3.21. The van der Waals surface area contributed by atoms with Crippen LogP contribution in [0, 0.1) is 5.92 Å². The number of rotatable bonds is 6. The van der Waals surface area contributed by atoms with E-state index >= 15 is 0 Å². The first kappa shape index (κ1) is 24.1. The van der Waals surface area contributed by atoms with Crippen molar-refractivity contribution in [1.82, 2.24) is 14.5 Å². The van der Waals surface area contributed by atoms with Crippen LogP contribution in [0.4, 0.5) is 0 Å². The van der Waals surface area contributed by atoms with Crippen molar-refractivity contribution < 1.29 is 22.7 Å². The van der Waals surface area contributed by atoms with E-state index in [-0.39, 0.29) is 22.8 Å². The lowest BCUT2D eigenvalue weighted by molar-refractivity contribution is -0.126. The molecule has 2 aromatic carbocycles. The SMILES string of the molecule is O=C(N[C@@H]1CCN(Cc2ccccc2)C1)C1CCN(S(=O)(=O)c2ccc3c(c2)OCCCO3)CC1. The maximum atomic E-state index is 13.2. The molecule has 3 aliphatic rings. The van der Waals surface area contributed by atoms with Gasteiger partial charge in [0.25, 0.3) is 0 Å². The average molecular weight is 500 g/mol. The van der Waals surface area contributed by atoms with Crippen molar-refractivity contribution in [3.63, 3.8) is 0 Å². The molecule has 5 rings (SSSR count). The van der Waals surface area contributed by atoms with Gasteiger partial charge < -0.3 is 14.8 Å². The molecule has 0 unspecified atom stereocenters. The molecule has 0 aromatic heterocycles. The van der Waals surface area contributed by atoms with Crippen LogP contribution >= 0.6 is 0 Å². The molecular weight excluding hydrogens is 466 g/mol. The minimum atomic E-state index is -3.66. The molecule has 35 heavy (non-hydrogen) atoms. The number of hydrogen-bond acceptors (Lipinski definition) is 6. The van der Waals surface area contributed by atoms with E-state index in [2.05, 4.69) is 22.3 Å². The van der Waals surface area contributed by atoms with Crippen LogP contribution in [-0.4, -0.2) is 69.0 Å². The molecule has 188 valence electrons. The Kier molecular flexibility index (Phi) is 7.27. The number of likely N-dealkylation sites (tertiary alicyclic amines) is 1. The maximum absolute atomic E-state index is 13.2. The Balaban J connectivity index is 1.12. The second kappa shape index (κ2) is 10.6. The van der Waals surface area contributed by atoms with Crippen molar-refractivity contribution in [1.29, 1.82) is 0 Å². The molecule has 1 atom stereocenters. The zero-order chi connectivity index (χ0) is 24.3. The number of hydrogen-bond donors (Lipinski definition) is 1. The topological polar surface area (TPSA) is 88.2 Å². The van der Waals surface area contributed by atoms with E-state index in [1.54, 1.807) is 18.2 Å². The Morgan fingerprint density at radius 1 is 0.943 bits per heavy atom. The summed E-state index contributed by atoms with van der Waals surface area (Å²) in [7, 11) is -3.66. The molecule has 2 aromatic rings. The van der Waals surface area contributed by atoms with Crippen molar-refractivity contribution in [2.24, 2.45) is 5.92 Å². The standard InChI is InChI=1S/C26H33N3O5S/c30-26(27-22-11-12-28(19-22)18-20-5-2-1-3-6-20)21-9-13-29(14-10-21)35(31,32)23-7-8-24-25(17-23)34-16-4-15-33-24/h1-3,5-8,17,21-22H,4,9-16,18-19H2,(H,27,30)/t22-/m1/s1. The fourth-order valence-corrected chi connectivity index (χ4v) is 6.55. The van der Waals surface area contributed by atoms with Crippen LogP contribution in [0.5, 0.6) is 11.5 Å². The molecule has 0 bridgehead atoms. The number of carbonyl (C=O) groups is 1. The van der Waals surface area contributed by atoms with Gasteiger partial charge in [-0.25, -0.2) is 8.42 Å². The van der Waals surface area contributed by atoms with Crippen LogP contribution in [0.3, 0.4) is 0 Å². The Hall–Kier alpha value is -2.62. The van der Waals surface area contributed by atoms with Crippen LogP contribution < -0.4 is 14.8 Å². The molecule has 3 heterocycles. The summed E-state index contributed by atoms with van der Waals surface area (Å²) in [6.07, 6.45) is 2.75. The van der Waals surface area contributed by atoms with E-state index in [1.165, 1.54) is 9.87 Å². The molecule has 0 radical (unpaired) electrons. The molecule has 2 saturated heterocycles. The highest BCUT2D eigenvalue weighted by Gasteiger charge is 2.34. The van der Waals surface area contributed by atoms with Gasteiger partial charge in [-0.2, -0.15) is 4.31 Å². The monoisotopic (exact) mass is 499 g/mol. The molecule has 2 fully saturated rings. The Morgan fingerprint density at radius 3 is 2.46 bits per heavy atom. The van der Waals surface area contributed by atoms with Gasteiger partial charge in [-0.1, -0.05) is 30.3 Å². The minimum absolute atomic E-state index is 0.0455. The van der Waals surface area contributed by atoms with E-state index in [4.69, 9.17) is 9.47 Å². The number of fused-ring (bicyclic) bond motifs is 1. The lowest BCUT2D eigenvalue weighted by Gasteiger charge is -2.31. The quantitative estimate of drug-likeness (QED) is 0.658. The van der Waals surface area contributed by atoms with Crippen LogP contribution in [0.15, 0.2) is 53.4 Å². The first-order valence-corrected chi connectivity index (χ1v) is 13.9. The number of sulfonamides is 1. The molecule has 0 aliphatic carbocycles. The van der Waals surface area contributed by atoms with Crippen molar-refractivity contribution >= 4 is 15.9 Å². The lowest BCUT2D eigenvalue weighted by Crippen LogP contribution is -2.45. The van der Waals surface area contributed by atoms with E-state index in [9.17, 15) is 13.2 Å². The van der Waals surface area contributed by atoms with Crippen molar-refractivity contribution in [3.05, 3.63) is 54.1 Å². The van der Waals surface area contributed by atoms with Crippen LogP contribution in [-0.2, 0) is 21.4 Å². The highest BCUT2D eigenvalue weighted by Crippen LogP contribution is 2.34. The Labute approximate surface area is 207 Å². The van der Waals surface area contributed by atoms with Crippen molar-refractivity contribution in [3.8, 4) is 11.5 Å². The summed E-state index contributed by atoms with van der Waals surface area (Å²) in [5.41, 5.74) is 1.28. The van der Waals surface area contributed by atoms with Crippen molar-refractivity contribution in [2.45, 2.75) is 43.2 Å². The van der Waals surface area contributed by atoms with Gasteiger partial charge in [0.05, 0.1) is 18.1 Å². The summed E-state index contributed by atoms with van der Waals surface area (Å²) in [4.78, 5) is 15.5. The van der Waals surface area contributed by atoms with Gasteiger partial charge >= 0.3 is 0 Å². The highest BCUT2D eigenvalue weighted by molar-refractivity contribution is 7.89. The summed E-state index contributed by atoms with van der Waals surface area (Å²) < 4.78 is 39.2. The zero-order valence-electron chi connectivity index (χ0n) is 19.9. The number of ether oxygens (including phenoxy) is 2. The maximum Gasteiger partial charge on any atom is 0.243 e. The first-order valence-electron chi connectivity index (χ1n) is 12.5. The second-order valence-corrected chi connectivity index (χ2v) is 11.5. The Bertz CT molecular complexity index is 1130. The molecule has 0 saturated carbocycles. The van der Waals surface area contributed by atoms with Gasteiger partial charge in [0, 0.05) is 57.2 Å². The molecule has 3 aliphatic heterocycles. The molecule has 0 spiro atoms. The number of nitrogens with one attached hydrogen (secondary N) is 1. The summed E-state index contributed by atoms with van der Waals surface area (Å²) in [5.74, 6) is 0.930. The largest absolute Gasteiger partial charge is 0.490 e. The number of nitrogens with zero attached hydrogens (tertiary/aromatic N) is 2. The van der Waals surface area contributed by atoms with Crippen LogP contribution in [0.25, 0.3) is 0 Å². The third kappa shape index (κ3) is 5.63. The molecule has 8 nitrogen and oxygen atoms in total. The second-order valence-electron chi connectivity index (χ2n) is 9.55. The molecular formula is C26H33N3O5S. The fraction of sp³-hybridized carbons (Fsp3) is 0.500. The van der Waals surface area contributed by atoms with Gasteiger partial charge in [0.15, 0.2) is 11.5 Å². The lowest BCUT2D eigenvalue weighted by atomic mass is 9.97. The molecule has 9 heteroatoms. The normalized spacial score (nSPS) is 22.0. The fourth-order valence-electron chi connectivity index (χ4n) is 5.07. The zero-order valence-corrected chi connectivity index (χ0v) is 20.7. The van der Waals surface area contributed by atoms with E-state index in [0.29, 0.717) is 50.6 Å². The number of carbonyl (C=O) groups excluding carboxylic acids is 1. The number of amides is 1. The molecule has 1 N–H and O–H groups in total. The predicted molar refractivity (Wildman–Crippen MR) is 132 cm³/mol. The van der Waals surface area contributed by atoms with Crippen molar-refractivity contribution in [2.75, 3.05) is 39.4 Å². The van der Waals surface area contributed by atoms with Gasteiger partial charge in [0.1, 0.15) is 0 Å². The third-order valence-corrected chi connectivity index (χ3v) is 8.94. The van der Waals surface area contributed by atoms with Gasteiger partial charge in [-0.05, 0) is 37.0 Å². The molecule has 1 amide bonds. The van der Waals surface area contributed by atoms with Crippen LogP contribution in [0.1, 0.15) is 31.2 Å². The number of benzene rings is 2. The Morgan fingerprint density at radius 2 is 1.69 bits per heavy atom. The smallest absolute Gasteiger partial charge is 0.243 e. The summed E-state index contributed by atoms with van der Waals surface area (Å²) >= 11 is 0. The highest BCUT2D eigenvalue weighted by atomic mass is 32.2. The van der Waals surface area contributed by atoms with Gasteiger partial charge in [-0.3, -0.25) is 9.69 Å². The van der Waals surface area contributed by atoms with Gasteiger partial charge in [-0.15, -0.1) is 0 Å². The third-order valence-electron chi connectivity index (χ3n) is 7.05. The van der Waals surface area contributed by atoms with E-state index < -0.39 is 10.0 Å². The minimum Gasteiger partial charge on any atom is -0.490 e. The number of piperidine rings is 1. The average Bonchev–Trinajstić information content (AvgIpc) is 3.17. The summed E-state index contributed by atoms with van der Waals surface area (Å²) in [6.45, 7) is 4.43. The predicted octanol–water partition coefficient (Wildman–Crippen LogP) is 2.64. The van der Waals surface area contributed by atoms with E-state index in [1.807, 2.05) is 18.2 Å².